The molecule has 4 rings (SSSR count). The minimum atomic E-state index is -0.422. The average molecular weight is 451 g/mol. The molecule has 0 aromatic heterocycles. The Morgan fingerprint density at radius 3 is 2.35 bits per heavy atom. The van der Waals surface area contributed by atoms with Crippen molar-refractivity contribution in [3.8, 4) is 0 Å². The molecule has 0 N–H and O–H groups in total. The SMILES string of the molecule is O=C1N=C(SCC(=O)c2ccc(Cl)cc2)N(c2ccccc2)/C1=C/c1ccc(F)cc1. The van der Waals surface area contributed by atoms with Crippen LogP contribution < -0.4 is 4.90 Å². The van der Waals surface area contributed by atoms with Crippen LogP contribution in [-0.4, -0.2) is 22.6 Å². The van der Waals surface area contributed by atoms with Crippen LogP contribution in [0.1, 0.15) is 15.9 Å². The Labute approximate surface area is 188 Å². The first-order chi connectivity index (χ1) is 15.0. The number of ketones is 1. The van der Waals surface area contributed by atoms with E-state index in [2.05, 4.69) is 4.99 Å². The number of carbonyl (C=O) groups excluding carboxylic acids is 2. The molecule has 31 heavy (non-hydrogen) atoms. The predicted molar refractivity (Wildman–Crippen MR) is 124 cm³/mol. The zero-order valence-electron chi connectivity index (χ0n) is 16.2. The second-order valence-electron chi connectivity index (χ2n) is 6.67. The number of carbonyl (C=O) groups is 2. The topological polar surface area (TPSA) is 49.7 Å². The predicted octanol–water partition coefficient (Wildman–Crippen LogP) is 5.84. The van der Waals surface area contributed by atoms with E-state index in [4.69, 9.17) is 11.6 Å². The number of aliphatic imine (C=N–C) groups is 1. The minimum absolute atomic E-state index is 0.0965. The molecule has 3 aromatic rings. The van der Waals surface area contributed by atoms with E-state index >= 15 is 0 Å². The summed E-state index contributed by atoms with van der Waals surface area (Å²) in [5.74, 6) is -0.760. The Morgan fingerprint density at radius 2 is 1.68 bits per heavy atom. The third kappa shape index (κ3) is 4.93. The number of anilines is 1. The zero-order valence-corrected chi connectivity index (χ0v) is 17.7. The second-order valence-corrected chi connectivity index (χ2v) is 8.05. The maximum atomic E-state index is 13.3. The Bertz CT molecular complexity index is 1180. The molecule has 154 valence electrons. The molecule has 1 heterocycles. The van der Waals surface area contributed by atoms with Crippen LogP contribution in [0.25, 0.3) is 6.08 Å². The molecule has 0 saturated heterocycles. The van der Waals surface area contributed by atoms with Crippen molar-refractivity contribution in [2.24, 2.45) is 4.99 Å². The van der Waals surface area contributed by atoms with Crippen molar-refractivity contribution >= 4 is 52.0 Å². The van der Waals surface area contributed by atoms with Gasteiger partial charge in [0.15, 0.2) is 11.0 Å². The average Bonchev–Trinajstić information content (AvgIpc) is 3.09. The minimum Gasteiger partial charge on any atom is -0.293 e. The Hall–Kier alpha value is -3.22. The van der Waals surface area contributed by atoms with Crippen molar-refractivity contribution in [2.75, 3.05) is 10.7 Å². The number of halogens is 2. The molecular weight excluding hydrogens is 435 g/mol. The Morgan fingerprint density at radius 1 is 1.00 bits per heavy atom. The monoisotopic (exact) mass is 450 g/mol. The van der Waals surface area contributed by atoms with Gasteiger partial charge in [-0.25, -0.2) is 4.39 Å². The van der Waals surface area contributed by atoms with E-state index in [1.165, 1.54) is 23.9 Å². The first-order valence-corrected chi connectivity index (χ1v) is 10.7. The first kappa shape index (κ1) is 21.0. The smallest absolute Gasteiger partial charge is 0.293 e. The number of nitrogens with zero attached hydrogens (tertiary/aromatic N) is 2. The summed E-state index contributed by atoms with van der Waals surface area (Å²) in [4.78, 5) is 31.2. The molecule has 1 aliphatic rings. The molecular formula is C24H16ClFN2O2S. The standard InChI is InChI=1S/C24H16ClFN2O2S/c25-18-10-8-17(9-11-18)22(29)15-31-24-27-23(30)21(14-16-6-12-19(26)13-7-16)28(24)20-4-2-1-3-5-20/h1-14H,15H2/b21-14+. The molecule has 1 aliphatic heterocycles. The highest BCUT2D eigenvalue weighted by molar-refractivity contribution is 8.14. The van der Waals surface area contributed by atoms with E-state index in [1.807, 2.05) is 30.3 Å². The molecule has 0 fully saturated rings. The lowest BCUT2D eigenvalue weighted by Crippen LogP contribution is -2.25. The van der Waals surface area contributed by atoms with Crippen LogP contribution >= 0.6 is 23.4 Å². The van der Waals surface area contributed by atoms with E-state index in [9.17, 15) is 14.0 Å². The summed E-state index contributed by atoms with van der Waals surface area (Å²) in [6.07, 6.45) is 1.66. The summed E-state index contributed by atoms with van der Waals surface area (Å²) in [6.45, 7) is 0. The van der Waals surface area contributed by atoms with Gasteiger partial charge < -0.3 is 0 Å². The van der Waals surface area contributed by atoms with Gasteiger partial charge in [-0.2, -0.15) is 4.99 Å². The number of thioether (sulfide) groups is 1. The van der Waals surface area contributed by atoms with Crippen molar-refractivity contribution in [2.45, 2.75) is 0 Å². The van der Waals surface area contributed by atoms with Crippen LogP contribution in [-0.2, 0) is 4.79 Å². The molecule has 7 heteroatoms. The molecule has 0 spiro atoms. The first-order valence-electron chi connectivity index (χ1n) is 9.38. The van der Waals surface area contributed by atoms with E-state index in [0.29, 0.717) is 27.0 Å². The van der Waals surface area contributed by atoms with Gasteiger partial charge in [0.25, 0.3) is 5.91 Å². The van der Waals surface area contributed by atoms with Crippen molar-refractivity contribution in [3.05, 3.63) is 107 Å². The summed E-state index contributed by atoms with van der Waals surface area (Å²) in [5.41, 5.74) is 2.28. The molecule has 3 aromatic carbocycles. The third-order valence-electron chi connectivity index (χ3n) is 4.53. The molecule has 0 aliphatic carbocycles. The van der Waals surface area contributed by atoms with Crippen molar-refractivity contribution in [3.63, 3.8) is 0 Å². The van der Waals surface area contributed by atoms with Crippen molar-refractivity contribution < 1.29 is 14.0 Å². The molecule has 0 unspecified atom stereocenters. The van der Waals surface area contributed by atoms with Crippen LogP contribution in [0.3, 0.4) is 0 Å². The van der Waals surface area contributed by atoms with Gasteiger partial charge in [0, 0.05) is 16.3 Å². The van der Waals surface area contributed by atoms with Crippen molar-refractivity contribution in [1.82, 2.24) is 0 Å². The van der Waals surface area contributed by atoms with Gasteiger partial charge in [-0.05, 0) is 60.2 Å². The second kappa shape index (κ2) is 9.29. The number of amidine groups is 1. The van der Waals surface area contributed by atoms with Gasteiger partial charge in [-0.15, -0.1) is 0 Å². The number of rotatable bonds is 5. The van der Waals surface area contributed by atoms with Crippen LogP contribution in [0.15, 0.2) is 89.6 Å². The fourth-order valence-corrected chi connectivity index (χ4v) is 4.04. The van der Waals surface area contributed by atoms with Gasteiger partial charge in [0.05, 0.1) is 5.75 Å². The summed E-state index contributed by atoms with van der Waals surface area (Å²) < 4.78 is 13.3. The highest BCUT2D eigenvalue weighted by Crippen LogP contribution is 2.31. The number of benzene rings is 3. The lowest BCUT2D eigenvalue weighted by molar-refractivity contribution is -0.113. The summed E-state index contributed by atoms with van der Waals surface area (Å²) >= 11 is 7.07. The Balaban J connectivity index is 1.61. The van der Waals surface area contributed by atoms with Gasteiger partial charge >= 0.3 is 0 Å². The van der Waals surface area contributed by atoms with E-state index < -0.39 is 5.91 Å². The van der Waals surface area contributed by atoms with Gasteiger partial charge in [-0.3, -0.25) is 14.5 Å². The number of para-hydroxylation sites is 1. The third-order valence-corrected chi connectivity index (χ3v) is 5.73. The van der Waals surface area contributed by atoms with Gasteiger partial charge in [-0.1, -0.05) is 53.7 Å². The summed E-state index contributed by atoms with van der Waals surface area (Å²) in [7, 11) is 0. The van der Waals surface area contributed by atoms with Crippen LogP contribution in [0.2, 0.25) is 5.02 Å². The Kier molecular flexibility index (Phi) is 6.30. The number of amides is 1. The fourth-order valence-electron chi connectivity index (χ4n) is 3.01. The molecule has 4 nitrogen and oxygen atoms in total. The summed E-state index contributed by atoms with van der Waals surface area (Å²) in [5, 5.41) is 0.965. The molecule has 0 radical (unpaired) electrons. The summed E-state index contributed by atoms with van der Waals surface area (Å²) in [6, 6.07) is 21.8. The maximum absolute atomic E-state index is 13.3. The number of hydrogen-bond acceptors (Lipinski definition) is 4. The largest absolute Gasteiger partial charge is 0.296 e. The molecule has 0 atom stereocenters. The highest BCUT2D eigenvalue weighted by Gasteiger charge is 2.31. The molecule has 0 saturated carbocycles. The van der Waals surface area contributed by atoms with Crippen LogP contribution in [0.5, 0.6) is 0 Å². The number of Topliss-reactive ketones (excluding diaryl/α,β-unsaturated/α-hetero) is 1. The van der Waals surface area contributed by atoms with Crippen LogP contribution in [0, 0.1) is 5.82 Å². The highest BCUT2D eigenvalue weighted by atomic mass is 35.5. The van der Waals surface area contributed by atoms with Gasteiger partial charge in [0.1, 0.15) is 11.5 Å². The fraction of sp³-hybridized carbons (Fsp3) is 0.0417. The number of hydrogen-bond donors (Lipinski definition) is 0. The lowest BCUT2D eigenvalue weighted by atomic mass is 10.1. The lowest BCUT2D eigenvalue weighted by Gasteiger charge is -2.20. The van der Waals surface area contributed by atoms with Gasteiger partial charge in [0.2, 0.25) is 0 Å². The molecule has 1 amide bonds. The quantitative estimate of drug-likeness (QED) is 0.362. The maximum Gasteiger partial charge on any atom is 0.296 e. The molecule has 0 bridgehead atoms. The van der Waals surface area contributed by atoms with Crippen molar-refractivity contribution in [1.29, 1.82) is 0 Å². The van der Waals surface area contributed by atoms with E-state index in [0.717, 1.165) is 5.69 Å². The normalized spacial score (nSPS) is 14.8. The zero-order chi connectivity index (χ0) is 21.8. The van der Waals surface area contributed by atoms with E-state index in [1.54, 1.807) is 47.4 Å². The van der Waals surface area contributed by atoms with Crippen LogP contribution in [0.4, 0.5) is 10.1 Å². The van der Waals surface area contributed by atoms with E-state index in [-0.39, 0.29) is 17.4 Å².